The van der Waals surface area contributed by atoms with Gasteiger partial charge in [0.25, 0.3) is 5.89 Å². The first-order valence-corrected chi connectivity index (χ1v) is 11.1. The fourth-order valence-electron chi connectivity index (χ4n) is 3.13. The summed E-state index contributed by atoms with van der Waals surface area (Å²) >= 11 is 0. The summed E-state index contributed by atoms with van der Waals surface area (Å²) < 4.78 is 34.8. The molecule has 2 heterocycles. The quantitative estimate of drug-likeness (QED) is 0.132. The van der Waals surface area contributed by atoms with Crippen molar-refractivity contribution in [2.24, 2.45) is 5.16 Å². The number of methoxy groups -OCH3 is 1. The molecular weight excluding hydrogens is 471 g/mol. The van der Waals surface area contributed by atoms with Crippen LogP contribution in [0.5, 0.6) is 5.75 Å². The third kappa shape index (κ3) is 5.93. The number of esters is 1. The third-order valence-electron chi connectivity index (χ3n) is 4.88. The van der Waals surface area contributed by atoms with Crippen molar-refractivity contribution in [2.45, 2.75) is 20.3 Å². The second kappa shape index (κ2) is 11.3. The van der Waals surface area contributed by atoms with E-state index in [1.807, 2.05) is 6.92 Å². The van der Waals surface area contributed by atoms with Crippen molar-refractivity contribution < 1.29 is 32.5 Å². The van der Waals surface area contributed by atoms with E-state index in [1.165, 1.54) is 25.3 Å². The van der Waals surface area contributed by atoms with E-state index < -0.39 is 5.97 Å². The molecule has 0 saturated heterocycles. The van der Waals surface area contributed by atoms with Crippen LogP contribution >= 0.6 is 0 Å². The normalized spacial score (nSPS) is 11.4. The van der Waals surface area contributed by atoms with Gasteiger partial charge < -0.3 is 23.4 Å². The van der Waals surface area contributed by atoms with Crippen LogP contribution in [-0.2, 0) is 9.57 Å². The first-order chi connectivity index (χ1) is 17.5. The van der Waals surface area contributed by atoms with Gasteiger partial charge in [0.15, 0.2) is 17.3 Å². The largest absolute Gasteiger partial charge is 0.487 e. The third-order valence-corrected chi connectivity index (χ3v) is 4.88. The molecule has 0 aliphatic heterocycles. The van der Waals surface area contributed by atoms with E-state index in [2.05, 4.69) is 20.5 Å². The highest BCUT2D eigenvalue weighted by molar-refractivity contribution is 5.99. The van der Waals surface area contributed by atoms with E-state index in [9.17, 15) is 9.18 Å². The van der Waals surface area contributed by atoms with Gasteiger partial charge in [-0.3, -0.25) is 0 Å². The predicted octanol–water partition coefficient (Wildman–Crippen LogP) is 4.84. The first kappa shape index (κ1) is 24.6. The number of oxime groups is 1. The second-order valence-electron chi connectivity index (χ2n) is 7.63. The number of aryl methyl sites for hydroxylation is 1. The number of benzene rings is 2. The lowest BCUT2D eigenvalue weighted by atomic mass is 10.1. The van der Waals surface area contributed by atoms with Crippen LogP contribution in [0.3, 0.4) is 0 Å². The van der Waals surface area contributed by atoms with E-state index in [1.54, 1.807) is 37.3 Å². The Bertz CT molecular complexity index is 1360. The predicted molar refractivity (Wildman–Crippen MR) is 126 cm³/mol. The molecule has 186 valence electrons. The van der Waals surface area contributed by atoms with E-state index in [4.69, 9.17) is 23.4 Å². The minimum Gasteiger partial charge on any atom is -0.487 e. The summed E-state index contributed by atoms with van der Waals surface area (Å²) in [5.41, 5.74) is 2.21. The zero-order valence-electron chi connectivity index (χ0n) is 19.9. The Kier molecular flexibility index (Phi) is 7.69. The molecule has 10 nitrogen and oxygen atoms in total. The number of aromatic nitrogens is 3. The van der Waals surface area contributed by atoms with Crippen molar-refractivity contribution in [2.75, 3.05) is 20.3 Å². The lowest BCUT2D eigenvalue weighted by Crippen LogP contribution is -2.14. The molecule has 0 amide bonds. The van der Waals surface area contributed by atoms with E-state index in [0.29, 0.717) is 46.5 Å². The van der Waals surface area contributed by atoms with Gasteiger partial charge in [-0.05, 0) is 55.8 Å². The van der Waals surface area contributed by atoms with Crippen LogP contribution < -0.4 is 4.74 Å². The fourth-order valence-corrected chi connectivity index (χ4v) is 3.13. The summed E-state index contributed by atoms with van der Waals surface area (Å²) in [4.78, 5) is 21.8. The Morgan fingerprint density at radius 2 is 1.86 bits per heavy atom. The number of hydrogen-bond acceptors (Lipinski definition) is 10. The Labute approximate surface area is 205 Å². The summed E-state index contributed by atoms with van der Waals surface area (Å²) in [6, 6.07) is 12.3. The van der Waals surface area contributed by atoms with Crippen LogP contribution in [-0.4, -0.2) is 47.3 Å². The van der Waals surface area contributed by atoms with Gasteiger partial charge in [0.1, 0.15) is 30.5 Å². The molecule has 0 radical (unpaired) electrons. The van der Waals surface area contributed by atoms with Crippen molar-refractivity contribution in [3.8, 4) is 28.5 Å². The van der Waals surface area contributed by atoms with Gasteiger partial charge in [-0.1, -0.05) is 22.4 Å². The van der Waals surface area contributed by atoms with E-state index in [0.717, 1.165) is 6.42 Å². The molecule has 0 N–H and O–H groups in total. The number of ether oxygens (including phenoxy) is 2. The highest BCUT2D eigenvalue weighted by Gasteiger charge is 2.18. The summed E-state index contributed by atoms with van der Waals surface area (Å²) in [6.07, 6.45) is 0.753. The molecule has 0 fully saturated rings. The molecule has 0 atom stereocenters. The Hall–Kier alpha value is -4.54. The van der Waals surface area contributed by atoms with Gasteiger partial charge >= 0.3 is 5.97 Å². The number of halogens is 1. The number of nitrogens with zero attached hydrogens (tertiary/aromatic N) is 4. The van der Waals surface area contributed by atoms with E-state index in [-0.39, 0.29) is 23.9 Å². The molecular formula is C25H23FN4O6. The second-order valence-corrected chi connectivity index (χ2v) is 7.63. The molecule has 4 rings (SSSR count). The average Bonchev–Trinajstić information content (AvgIpc) is 3.55. The van der Waals surface area contributed by atoms with Crippen LogP contribution in [0.1, 0.15) is 35.3 Å². The Morgan fingerprint density at radius 3 is 2.56 bits per heavy atom. The van der Waals surface area contributed by atoms with E-state index >= 15 is 0 Å². The van der Waals surface area contributed by atoms with Crippen molar-refractivity contribution in [1.82, 2.24) is 15.3 Å². The highest BCUT2D eigenvalue weighted by atomic mass is 19.1. The molecule has 36 heavy (non-hydrogen) atoms. The van der Waals surface area contributed by atoms with Crippen LogP contribution in [0.4, 0.5) is 4.39 Å². The lowest BCUT2D eigenvalue weighted by molar-refractivity contribution is 0.0600. The van der Waals surface area contributed by atoms with Crippen LogP contribution in [0.2, 0.25) is 0 Å². The van der Waals surface area contributed by atoms with Gasteiger partial charge in [0.05, 0.1) is 12.7 Å². The summed E-state index contributed by atoms with van der Waals surface area (Å²) in [6.45, 7) is 3.95. The zero-order chi connectivity index (χ0) is 25.5. The minimum absolute atomic E-state index is 0.0747. The van der Waals surface area contributed by atoms with Gasteiger partial charge in [-0.25, -0.2) is 9.18 Å². The Morgan fingerprint density at radius 1 is 1.06 bits per heavy atom. The number of hydrogen-bond donors (Lipinski definition) is 0. The topological polar surface area (TPSA) is 122 Å². The summed E-state index contributed by atoms with van der Waals surface area (Å²) in [5.74, 6) is 0.392. The smallest absolute Gasteiger partial charge is 0.338 e. The molecule has 2 aromatic carbocycles. The van der Waals surface area contributed by atoms with Crippen LogP contribution in [0.25, 0.3) is 22.7 Å². The van der Waals surface area contributed by atoms with Crippen molar-refractivity contribution >= 4 is 11.7 Å². The molecule has 11 heteroatoms. The van der Waals surface area contributed by atoms with Gasteiger partial charge in [0, 0.05) is 17.2 Å². The minimum atomic E-state index is -0.558. The highest BCUT2D eigenvalue weighted by Crippen LogP contribution is 2.26. The van der Waals surface area contributed by atoms with Gasteiger partial charge in [0.2, 0.25) is 0 Å². The standard InChI is InChI=1S/C25H23FN4O6/c1-4-9-34-29-22(23-13-21(30-35-23)16-5-7-19(26)8-6-16)14-33-20-11-17(24-27-15(2)28-36-24)10-18(12-20)25(31)32-3/h5-8,10-13H,4,9,14H2,1-3H3. The fraction of sp³-hybridized carbons (Fsp3) is 0.240. The molecule has 4 aromatic rings. The monoisotopic (exact) mass is 494 g/mol. The molecule has 0 unspecified atom stereocenters. The molecule has 0 bridgehead atoms. The van der Waals surface area contributed by atoms with Crippen LogP contribution in [0, 0.1) is 12.7 Å². The summed E-state index contributed by atoms with van der Waals surface area (Å²) in [7, 11) is 1.28. The molecule has 0 aliphatic carbocycles. The zero-order valence-corrected chi connectivity index (χ0v) is 19.9. The molecule has 2 aromatic heterocycles. The first-order valence-electron chi connectivity index (χ1n) is 11.1. The number of carbonyl (C=O) groups excluding carboxylic acids is 1. The maximum atomic E-state index is 13.3. The number of rotatable bonds is 10. The average molecular weight is 494 g/mol. The van der Waals surface area contributed by atoms with Crippen molar-refractivity contribution in [3.05, 3.63) is 71.5 Å². The SMILES string of the molecule is CCCON=C(COc1cc(C(=O)OC)cc(-c2nc(C)no2)c1)c1cc(-c2ccc(F)cc2)no1. The molecule has 0 aliphatic rings. The summed E-state index contributed by atoms with van der Waals surface area (Å²) in [5, 5.41) is 12.0. The maximum Gasteiger partial charge on any atom is 0.338 e. The molecule has 0 spiro atoms. The maximum absolute atomic E-state index is 13.3. The van der Waals surface area contributed by atoms with Crippen LogP contribution in [0.15, 0.2) is 62.7 Å². The van der Waals surface area contributed by atoms with Crippen molar-refractivity contribution in [1.29, 1.82) is 0 Å². The Balaban J connectivity index is 1.60. The number of carbonyl (C=O) groups is 1. The van der Waals surface area contributed by atoms with Crippen molar-refractivity contribution in [3.63, 3.8) is 0 Å². The van der Waals surface area contributed by atoms with Gasteiger partial charge in [-0.15, -0.1) is 0 Å². The van der Waals surface area contributed by atoms with Gasteiger partial charge in [-0.2, -0.15) is 4.98 Å². The molecule has 0 saturated carbocycles. The lowest BCUT2D eigenvalue weighted by Gasteiger charge is -2.10.